The van der Waals surface area contributed by atoms with Gasteiger partial charge in [-0.2, -0.15) is 0 Å². The Bertz CT molecular complexity index is 473. The third-order valence-electron chi connectivity index (χ3n) is 2.90. The second-order valence-corrected chi connectivity index (χ2v) is 4.60. The van der Waals surface area contributed by atoms with Crippen LogP contribution >= 0.6 is 0 Å². The van der Waals surface area contributed by atoms with Crippen molar-refractivity contribution in [2.24, 2.45) is 0 Å². The highest BCUT2D eigenvalue weighted by Crippen LogP contribution is 2.15. The van der Waals surface area contributed by atoms with Crippen LogP contribution in [0.2, 0.25) is 0 Å². The van der Waals surface area contributed by atoms with E-state index in [4.69, 9.17) is 0 Å². The Morgan fingerprint density at radius 1 is 1.21 bits per heavy atom. The molecule has 1 aromatic rings. The van der Waals surface area contributed by atoms with Crippen LogP contribution in [0.4, 0.5) is 11.4 Å². The lowest BCUT2D eigenvalue weighted by Crippen LogP contribution is -2.35. The summed E-state index contributed by atoms with van der Waals surface area (Å²) >= 11 is 0. The monoisotopic (exact) mass is 263 g/mol. The van der Waals surface area contributed by atoms with Crippen LogP contribution in [0, 0.1) is 0 Å². The van der Waals surface area contributed by atoms with E-state index >= 15 is 0 Å². The van der Waals surface area contributed by atoms with Crippen LogP contribution in [0.1, 0.15) is 13.3 Å². The molecule has 1 saturated heterocycles. The molecule has 0 spiro atoms. The van der Waals surface area contributed by atoms with Gasteiger partial charge in [-0.3, -0.25) is 9.59 Å². The van der Waals surface area contributed by atoms with Gasteiger partial charge in [-0.1, -0.05) is 0 Å². The fraction of sp³-hybridized carbons (Fsp3) is 0.385. The van der Waals surface area contributed by atoms with Crippen molar-refractivity contribution < 1.29 is 14.7 Å². The Kier molecular flexibility index (Phi) is 4.13. The Morgan fingerprint density at radius 3 is 2.26 bits per heavy atom. The lowest BCUT2D eigenvalue weighted by atomic mass is 10.2. The van der Waals surface area contributed by atoms with Crippen molar-refractivity contribution in [1.82, 2.24) is 5.32 Å². The molecule has 0 saturated carbocycles. The average molecular weight is 263 g/mol. The molecule has 1 aromatic carbocycles. The smallest absolute Gasteiger partial charge is 0.241 e. The van der Waals surface area contributed by atoms with Gasteiger partial charge in [-0.05, 0) is 30.7 Å². The maximum atomic E-state index is 11.9. The Balaban J connectivity index is 1.92. The molecule has 102 valence electrons. The minimum absolute atomic E-state index is 0.138. The van der Waals surface area contributed by atoms with E-state index in [1.165, 1.54) is 6.92 Å². The summed E-state index contributed by atoms with van der Waals surface area (Å²) < 4.78 is 0. The van der Waals surface area contributed by atoms with Gasteiger partial charge in [-0.25, -0.2) is 0 Å². The fourth-order valence-corrected chi connectivity index (χ4v) is 1.99. The third-order valence-corrected chi connectivity index (χ3v) is 2.90. The lowest BCUT2D eigenvalue weighted by Gasteiger charge is -2.11. The van der Waals surface area contributed by atoms with Gasteiger partial charge >= 0.3 is 0 Å². The van der Waals surface area contributed by atoms with E-state index in [9.17, 15) is 14.7 Å². The molecule has 6 heteroatoms. The number of β-amino-alcohol motifs (C(OH)–C–C–N with tert-alkyl or cyclic N) is 1. The normalized spacial score (nSPS) is 22.0. The van der Waals surface area contributed by atoms with Crippen molar-refractivity contribution in [2.75, 3.05) is 17.2 Å². The van der Waals surface area contributed by atoms with Gasteiger partial charge in [0.25, 0.3) is 0 Å². The number of nitrogens with one attached hydrogen (secondary N) is 3. The van der Waals surface area contributed by atoms with Crippen molar-refractivity contribution in [3.8, 4) is 0 Å². The molecule has 0 bridgehead atoms. The van der Waals surface area contributed by atoms with E-state index in [2.05, 4.69) is 16.0 Å². The summed E-state index contributed by atoms with van der Waals surface area (Å²) in [4.78, 5) is 22.7. The van der Waals surface area contributed by atoms with Gasteiger partial charge in [0.05, 0.1) is 12.1 Å². The first-order chi connectivity index (χ1) is 9.04. The number of anilines is 2. The van der Waals surface area contributed by atoms with Crippen LogP contribution in [0.15, 0.2) is 24.3 Å². The molecular weight excluding hydrogens is 246 g/mol. The van der Waals surface area contributed by atoms with E-state index in [0.717, 1.165) is 0 Å². The number of benzene rings is 1. The number of hydrogen-bond acceptors (Lipinski definition) is 4. The highest BCUT2D eigenvalue weighted by molar-refractivity contribution is 5.95. The van der Waals surface area contributed by atoms with Crippen LogP contribution in [0.5, 0.6) is 0 Å². The molecule has 1 aliphatic heterocycles. The Hall–Kier alpha value is -1.92. The minimum atomic E-state index is -0.460. The number of aliphatic hydroxyl groups excluding tert-OH is 1. The van der Waals surface area contributed by atoms with Crippen molar-refractivity contribution >= 4 is 23.2 Å². The molecule has 6 nitrogen and oxygen atoms in total. The van der Waals surface area contributed by atoms with Crippen molar-refractivity contribution in [3.63, 3.8) is 0 Å². The van der Waals surface area contributed by atoms with Crippen LogP contribution in [0.3, 0.4) is 0 Å². The number of carbonyl (C=O) groups is 2. The first-order valence-electron chi connectivity index (χ1n) is 6.14. The van der Waals surface area contributed by atoms with E-state index in [-0.39, 0.29) is 17.9 Å². The maximum absolute atomic E-state index is 11.9. The van der Waals surface area contributed by atoms with Gasteiger partial charge in [0.1, 0.15) is 0 Å². The zero-order chi connectivity index (χ0) is 13.8. The predicted octanol–water partition coefficient (Wildman–Crippen LogP) is 0.306. The van der Waals surface area contributed by atoms with E-state index < -0.39 is 6.10 Å². The second kappa shape index (κ2) is 5.81. The van der Waals surface area contributed by atoms with Crippen LogP contribution in [0.25, 0.3) is 0 Å². The first kappa shape index (κ1) is 13.5. The van der Waals surface area contributed by atoms with Gasteiger partial charge in [0.15, 0.2) is 0 Å². The topological polar surface area (TPSA) is 90.5 Å². The second-order valence-electron chi connectivity index (χ2n) is 4.60. The highest BCUT2D eigenvalue weighted by atomic mass is 16.3. The van der Waals surface area contributed by atoms with Crippen molar-refractivity contribution in [3.05, 3.63) is 24.3 Å². The summed E-state index contributed by atoms with van der Waals surface area (Å²) in [5, 5.41) is 17.7. The standard InChI is InChI=1S/C13H17N3O3/c1-8(17)15-9-2-4-10(5-3-9)16-13(19)12-6-11(18)7-14-12/h2-5,11-12,14,18H,6-7H2,1H3,(H,15,17)(H,16,19). The van der Waals surface area contributed by atoms with Crippen LogP contribution in [-0.2, 0) is 9.59 Å². The summed E-state index contributed by atoms with van der Waals surface area (Å²) in [5.74, 6) is -0.301. The van der Waals surface area contributed by atoms with Gasteiger partial charge in [0.2, 0.25) is 11.8 Å². The summed E-state index contributed by atoms with van der Waals surface area (Å²) in [6, 6.07) is 6.51. The summed E-state index contributed by atoms with van der Waals surface area (Å²) in [6.07, 6.45) is -0.0339. The van der Waals surface area contributed by atoms with Crippen molar-refractivity contribution in [1.29, 1.82) is 0 Å². The Labute approximate surface area is 111 Å². The summed E-state index contributed by atoms with van der Waals surface area (Å²) in [7, 11) is 0. The van der Waals surface area contributed by atoms with Gasteiger partial charge < -0.3 is 21.1 Å². The van der Waals surface area contributed by atoms with Gasteiger partial charge in [0, 0.05) is 24.8 Å². The molecule has 0 radical (unpaired) electrons. The van der Waals surface area contributed by atoms with Crippen LogP contribution < -0.4 is 16.0 Å². The molecule has 2 unspecified atom stereocenters. The molecular formula is C13H17N3O3. The fourth-order valence-electron chi connectivity index (χ4n) is 1.99. The van der Waals surface area contributed by atoms with Gasteiger partial charge in [-0.15, -0.1) is 0 Å². The number of amides is 2. The highest BCUT2D eigenvalue weighted by Gasteiger charge is 2.27. The Morgan fingerprint density at radius 2 is 1.79 bits per heavy atom. The van der Waals surface area contributed by atoms with Crippen LogP contribution in [-0.4, -0.2) is 35.6 Å². The largest absolute Gasteiger partial charge is 0.392 e. The SMILES string of the molecule is CC(=O)Nc1ccc(NC(=O)C2CC(O)CN2)cc1. The predicted molar refractivity (Wildman–Crippen MR) is 71.8 cm³/mol. The summed E-state index contributed by atoms with van der Waals surface area (Å²) in [5.41, 5.74) is 1.34. The molecule has 1 heterocycles. The molecule has 1 fully saturated rings. The molecule has 2 atom stereocenters. The average Bonchev–Trinajstić information content (AvgIpc) is 2.78. The molecule has 2 rings (SSSR count). The minimum Gasteiger partial charge on any atom is -0.392 e. The van der Waals surface area contributed by atoms with Crippen molar-refractivity contribution in [2.45, 2.75) is 25.5 Å². The van der Waals surface area contributed by atoms with E-state index in [1.54, 1.807) is 24.3 Å². The molecule has 0 aromatic heterocycles. The molecule has 0 aliphatic carbocycles. The zero-order valence-corrected chi connectivity index (χ0v) is 10.6. The molecule has 1 aliphatic rings. The lowest BCUT2D eigenvalue weighted by molar-refractivity contribution is -0.118. The number of aliphatic hydroxyl groups is 1. The zero-order valence-electron chi connectivity index (χ0n) is 10.6. The molecule has 2 amide bonds. The molecule has 19 heavy (non-hydrogen) atoms. The van der Waals surface area contributed by atoms with E-state index in [0.29, 0.717) is 24.3 Å². The maximum Gasteiger partial charge on any atom is 0.241 e. The number of carbonyl (C=O) groups excluding carboxylic acids is 2. The number of hydrogen-bond donors (Lipinski definition) is 4. The van der Waals surface area contributed by atoms with E-state index in [1.807, 2.05) is 0 Å². The first-order valence-corrected chi connectivity index (χ1v) is 6.14. The number of rotatable bonds is 3. The third kappa shape index (κ3) is 3.77. The summed E-state index contributed by atoms with van der Waals surface area (Å²) in [6.45, 7) is 1.88. The quantitative estimate of drug-likeness (QED) is 0.631. The molecule has 4 N–H and O–H groups in total.